The maximum Gasteiger partial charge on any atom is 0.325 e. The van der Waals surface area contributed by atoms with Crippen molar-refractivity contribution in [2.45, 2.75) is 39.2 Å². The lowest BCUT2D eigenvalue weighted by Gasteiger charge is -2.09. The number of carbonyl (C=O) groups excluding carboxylic acids is 1. The summed E-state index contributed by atoms with van der Waals surface area (Å²) in [6, 6.07) is 3.71. The number of carboxylic acids is 1. The van der Waals surface area contributed by atoms with E-state index >= 15 is 0 Å². The van der Waals surface area contributed by atoms with Gasteiger partial charge in [0.2, 0.25) is 0 Å². The maximum atomic E-state index is 14.2. The number of fused-ring (bicyclic) bond motifs is 1. The van der Waals surface area contributed by atoms with Gasteiger partial charge >= 0.3 is 5.97 Å². The molecule has 0 bridgehead atoms. The number of aliphatic carboxylic acids is 1. The Balaban J connectivity index is 2.03. The fourth-order valence-electron chi connectivity index (χ4n) is 2.93. The van der Waals surface area contributed by atoms with Gasteiger partial charge in [-0.05, 0) is 50.8 Å². The lowest BCUT2D eigenvalue weighted by Crippen LogP contribution is -2.38. The lowest BCUT2D eigenvalue weighted by molar-refractivity contribution is -0.138. The minimum absolute atomic E-state index is 0.177. The van der Waals surface area contributed by atoms with E-state index in [1.807, 2.05) is 6.92 Å². The first kappa shape index (κ1) is 16.2. The topological polar surface area (TPSA) is 84.2 Å². The summed E-state index contributed by atoms with van der Waals surface area (Å²) in [5.41, 5.74) is 2.95. The molecule has 0 unspecified atom stereocenters. The van der Waals surface area contributed by atoms with Crippen LogP contribution in [0.25, 0.3) is 5.69 Å². The number of aryl methyl sites for hydroxylation is 1. The molecule has 7 heteroatoms. The van der Waals surface area contributed by atoms with Gasteiger partial charge in [0.1, 0.15) is 17.5 Å². The van der Waals surface area contributed by atoms with E-state index in [0.717, 1.165) is 23.2 Å². The van der Waals surface area contributed by atoms with Gasteiger partial charge in [-0.15, -0.1) is 0 Å². The highest BCUT2D eigenvalue weighted by Gasteiger charge is 2.29. The van der Waals surface area contributed by atoms with Crippen molar-refractivity contribution >= 4 is 11.9 Å². The Morgan fingerprint density at radius 2 is 2.12 bits per heavy atom. The smallest absolute Gasteiger partial charge is 0.325 e. The Bertz CT molecular complexity index is 829. The molecule has 1 amide bonds. The average molecular weight is 331 g/mol. The predicted molar refractivity (Wildman–Crippen MR) is 84.8 cm³/mol. The van der Waals surface area contributed by atoms with Crippen LogP contribution >= 0.6 is 0 Å². The summed E-state index contributed by atoms with van der Waals surface area (Å²) in [4.78, 5) is 23.3. The van der Waals surface area contributed by atoms with Crippen LogP contribution in [-0.2, 0) is 17.6 Å². The average Bonchev–Trinajstić information content (AvgIpc) is 3.11. The second kappa shape index (κ2) is 6.07. The molecule has 24 heavy (non-hydrogen) atoms. The SMILES string of the molecule is Cc1ccc(F)c(-n2nc(C(=O)N[C@H](C)C(=O)O)c3c2CCC3)c1. The standard InChI is InChI=1S/C17H18FN3O3/c1-9-6-7-12(18)14(8-9)21-13-5-3-4-11(13)15(20-21)16(22)19-10(2)17(23)24/h6-8,10H,3-5H2,1-2H3,(H,19,22)(H,23,24)/t10-/m1/s1. The van der Waals surface area contributed by atoms with Crippen molar-refractivity contribution in [2.75, 3.05) is 0 Å². The first-order valence-corrected chi connectivity index (χ1v) is 7.79. The first-order valence-electron chi connectivity index (χ1n) is 7.79. The molecule has 2 aromatic rings. The van der Waals surface area contributed by atoms with E-state index in [1.165, 1.54) is 17.7 Å². The fourth-order valence-corrected chi connectivity index (χ4v) is 2.93. The quantitative estimate of drug-likeness (QED) is 0.897. The van der Waals surface area contributed by atoms with E-state index in [1.54, 1.807) is 12.1 Å². The van der Waals surface area contributed by atoms with Crippen LogP contribution in [0.3, 0.4) is 0 Å². The Labute approximate surface area is 138 Å². The van der Waals surface area contributed by atoms with Crippen LogP contribution in [0.5, 0.6) is 0 Å². The van der Waals surface area contributed by atoms with Gasteiger partial charge in [-0.1, -0.05) is 6.07 Å². The van der Waals surface area contributed by atoms with Crippen molar-refractivity contribution in [3.8, 4) is 5.69 Å². The van der Waals surface area contributed by atoms with E-state index in [-0.39, 0.29) is 5.69 Å². The number of hydrogen-bond acceptors (Lipinski definition) is 3. The second-order valence-electron chi connectivity index (χ2n) is 6.03. The van der Waals surface area contributed by atoms with Gasteiger partial charge in [0.15, 0.2) is 5.69 Å². The molecule has 0 spiro atoms. The number of benzene rings is 1. The van der Waals surface area contributed by atoms with Crippen LogP contribution in [0.1, 0.15) is 40.7 Å². The van der Waals surface area contributed by atoms with Gasteiger partial charge < -0.3 is 10.4 Å². The number of halogens is 1. The van der Waals surface area contributed by atoms with Gasteiger partial charge in [-0.3, -0.25) is 9.59 Å². The zero-order chi connectivity index (χ0) is 17.4. The molecule has 1 aliphatic rings. The fraction of sp³-hybridized carbons (Fsp3) is 0.353. The van der Waals surface area contributed by atoms with Crippen molar-refractivity contribution in [3.63, 3.8) is 0 Å². The summed E-state index contributed by atoms with van der Waals surface area (Å²) >= 11 is 0. The van der Waals surface area contributed by atoms with Gasteiger partial charge in [-0.25, -0.2) is 9.07 Å². The number of aromatic nitrogens is 2. The summed E-state index contributed by atoms with van der Waals surface area (Å²) in [5.74, 6) is -2.08. The van der Waals surface area contributed by atoms with Gasteiger partial charge in [0.05, 0.1) is 0 Å². The number of amides is 1. The van der Waals surface area contributed by atoms with Crippen LogP contribution in [0.4, 0.5) is 4.39 Å². The number of nitrogens with one attached hydrogen (secondary N) is 1. The van der Waals surface area contributed by atoms with E-state index in [2.05, 4.69) is 10.4 Å². The molecule has 1 atom stereocenters. The maximum absolute atomic E-state index is 14.2. The number of hydrogen-bond donors (Lipinski definition) is 2. The lowest BCUT2D eigenvalue weighted by atomic mass is 10.1. The molecule has 0 aliphatic heterocycles. The third-order valence-corrected chi connectivity index (χ3v) is 4.19. The Morgan fingerprint density at radius 1 is 1.38 bits per heavy atom. The molecule has 1 heterocycles. The summed E-state index contributed by atoms with van der Waals surface area (Å²) < 4.78 is 15.7. The summed E-state index contributed by atoms with van der Waals surface area (Å²) in [5, 5.41) is 15.6. The van der Waals surface area contributed by atoms with Crippen molar-refractivity contribution in [1.29, 1.82) is 0 Å². The molecular formula is C17H18FN3O3. The van der Waals surface area contributed by atoms with Crippen LogP contribution in [0.2, 0.25) is 0 Å². The molecule has 0 saturated carbocycles. The summed E-state index contributed by atoms with van der Waals surface area (Å²) in [7, 11) is 0. The Kier molecular flexibility index (Phi) is 4.09. The molecule has 1 aromatic heterocycles. The zero-order valence-electron chi connectivity index (χ0n) is 13.5. The van der Waals surface area contributed by atoms with Crippen LogP contribution in [0.15, 0.2) is 18.2 Å². The predicted octanol–water partition coefficient (Wildman–Crippen LogP) is 2.01. The monoisotopic (exact) mass is 331 g/mol. The molecular weight excluding hydrogens is 313 g/mol. The van der Waals surface area contributed by atoms with E-state index in [0.29, 0.717) is 18.5 Å². The molecule has 0 radical (unpaired) electrons. The Hall–Kier alpha value is -2.70. The minimum atomic E-state index is -1.12. The van der Waals surface area contributed by atoms with Gasteiger partial charge in [-0.2, -0.15) is 5.10 Å². The van der Waals surface area contributed by atoms with E-state index in [9.17, 15) is 14.0 Å². The molecule has 0 saturated heterocycles. The number of carbonyl (C=O) groups is 2. The normalized spacial score (nSPS) is 14.3. The van der Waals surface area contributed by atoms with E-state index in [4.69, 9.17) is 5.11 Å². The third-order valence-electron chi connectivity index (χ3n) is 4.19. The highest BCUT2D eigenvalue weighted by molar-refractivity contribution is 5.96. The number of carboxylic acid groups (broad SMARTS) is 1. The van der Waals surface area contributed by atoms with E-state index < -0.39 is 23.7 Å². The van der Waals surface area contributed by atoms with Crippen LogP contribution in [0, 0.1) is 12.7 Å². The molecule has 1 aliphatic carbocycles. The first-order chi connectivity index (χ1) is 11.4. The number of rotatable bonds is 4. The molecule has 0 fully saturated rings. The Morgan fingerprint density at radius 3 is 2.83 bits per heavy atom. The van der Waals surface area contributed by atoms with Crippen LogP contribution < -0.4 is 5.32 Å². The third kappa shape index (κ3) is 2.77. The van der Waals surface area contributed by atoms with Gasteiger partial charge in [0, 0.05) is 11.3 Å². The summed E-state index contributed by atoms with van der Waals surface area (Å²) in [6.07, 6.45) is 2.24. The molecule has 3 rings (SSSR count). The summed E-state index contributed by atoms with van der Waals surface area (Å²) in [6.45, 7) is 3.24. The second-order valence-corrected chi connectivity index (χ2v) is 6.03. The molecule has 2 N–H and O–H groups in total. The van der Waals surface area contributed by atoms with Crippen molar-refractivity contribution in [1.82, 2.24) is 15.1 Å². The number of nitrogens with zero attached hydrogens (tertiary/aromatic N) is 2. The zero-order valence-corrected chi connectivity index (χ0v) is 13.5. The molecule has 126 valence electrons. The van der Waals surface area contributed by atoms with Crippen molar-refractivity contribution < 1.29 is 19.1 Å². The highest BCUT2D eigenvalue weighted by atomic mass is 19.1. The van der Waals surface area contributed by atoms with Crippen molar-refractivity contribution in [2.24, 2.45) is 0 Å². The highest BCUT2D eigenvalue weighted by Crippen LogP contribution is 2.29. The molecule has 1 aromatic carbocycles. The van der Waals surface area contributed by atoms with Gasteiger partial charge in [0.25, 0.3) is 5.91 Å². The largest absolute Gasteiger partial charge is 0.480 e. The minimum Gasteiger partial charge on any atom is -0.480 e. The molecule has 6 nitrogen and oxygen atoms in total. The van der Waals surface area contributed by atoms with Crippen molar-refractivity contribution in [3.05, 3.63) is 46.5 Å². The van der Waals surface area contributed by atoms with Crippen LogP contribution in [-0.4, -0.2) is 32.8 Å².